The number of hydrogen-bond acceptors (Lipinski definition) is 4. The topological polar surface area (TPSA) is 55.8 Å². The molecule has 0 aromatic heterocycles. The lowest BCUT2D eigenvalue weighted by Crippen LogP contribution is -2.49. The number of benzene rings is 1. The molecule has 0 saturated carbocycles. The van der Waals surface area contributed by atoms with Crippen LogP contribution in [0.1, 0.15) is 13.3 Å². The van der Waals surface area contributed by atoms with Crippen LogP contribution in [-0.4, -0.2) is 36.7 Å². The van der Waals surface area contributed by atoms with Gasteiger partial charge in [0.1, 0.15) is 5.75 Å². The molecule has 0 N–H and O–H groups in total. The molecule has 1 amide bonds. The van der Waals surface area contributed by atoms with Crippen LogP contribution in [0.4, 0.5) is 4.79 Å². The van der Waals surface area contributed by atoms with Gasteiger partial charge in [-0.25, -0.2) is 9.59 Å². The largest absolute Gasteiger partial charge is 0.466 e. The molecule has 0 unspecified atom stereocenters. The van der Waals surface area contributed by atoms with E-state index in [-0.39, 0.29) is 5.41 Å². The minimum Gasteiger partial charge on any atom is -0.466 e. The molecule has 2 atom stereocenters. The third-order valence-electron chi connectivity index (χ3n) is 4.26. The number of carbonyl (C=O) groups is 2. The third-order valence-corrected chi connectivity index (χ3v) is 4.26. The highest BCUT2D eigenvalue weighted by atomic mass is 16.6. The number of methoxy groups -OCH3 is 1. The summed E-state index contributed by atoms with van der Waals surface area (Å²) in [5.74, 6) is 0.0682. The van der Waals surface area contributed by atoms with Crippen molar-refractivity contribution < 1.29 is 19.1 Å². The lowest BCUT2D eigenvalue weighted by atomic mass is 9.84. The van der Waals surface area contributed by atoms with Gasteiger partial charge in [0.15, 0.2) is 0 Å². The number of carbonyl (C=O) groups excluding carboxylic acids is 2. The average molecular weight is 313 g/mol. The Hall–Kier alpha value is -2.56. The molecule has 0 saturated heterocycles. The zero-order chi connectivity index (χ0) is 16.4. The number of esters is 1. The molecule has 1 aromatic carbocycles. The van der Waals surface area contributed by atoms with E-state index in [0.29, 0.717) is 24.3 Å². The van der Waals surface area contributed by atoms with E-state index in [2.05, 4.69) is 13.0 Å². The van der Waals surface area contributed by atoms with Crippen LogP contribution in [0.5, 0.6) is 5.75 Å². The summed E-state index contributed by atoms with van der Waals surface area (Å²) in [4.78, 5) is 26.2. The fourth-order valence-corrected chi connectivity index (χ4v) is 2.98. The van der Waals surface area contributed by atoms with Gasteiger partial charge in [0.2, 0.25) is 0 Å². The van der Waals surface area contributed by atoms with Gasteiger partial charge in [-0.1, -0.05) is 43.4 Å². The van der Waals surface area contributed by atoms with E-state index in [1.807, 2.05) is 18.2 Å². The first-order chi connectivity index (χ1) is 11.0. The molecule has 4 rings (SSSR count). The lowest BCUT2D eigenvalue weighted by Gasteiger charge is -2.37. The third kappa shape index (κ3) is 2.99. The van der Waals surface area contributed by atoms with Crippen LogP contribution < -0.4 is 4.74 Å². The Balaban J connectivity index is 1.87. The number of fused-ring (bicyclic) bond motifs is 2. The van der Waals surface area contributed by atoms with Gasteiger partial charge in [0.05, 0.1) is 18.7 Å². The van der Waals surface area contributed by atoms with Crippen molar-refractivity contribution in [2.75, 3.05) is 13.7 Å². The summed E-state index contributed by atoms with van der Waals surface area (Å²) in [5, 5.41) is 0. The van der Waals surface area contributed by atoms with E-state index in [9.17, 15) is 9.59 Å². The Morgan fingerprint density at radius 3 is 2.70 bits per heavy atom. The summed E-state index contributed by atoms with van der Waals surface area (Å²) in [6.45, 7) is 2.55. The summed E-state index contributed by atoms with van der Waals surface area (Å²) in [5.41, 5.74) is 0.275. The van der Waals surface area contributed by atoms with Crippen molar-refractivity contribution in [2.24, 2.45) is 5.41 Å². The van der Waals surface area contributed by atoms with Crippen LogP contribution in [-0.2, 0) is 9.53 Å². The van der Waals surface area contributed by atoms with Gasteiger partial charge in [0, 0.05) is 12.0 Å². The number of amides is 1. The van der Waals surface area contributed by atoms with E-state index in [4.69, 9.17) is 9.47 Å². The number of ether oxygens (including phenoxy) is 2. The fraction of sp³-hybridized carbons (Fsp3) is 0.333. The quantitative estimate of drug-likeness (QED) is 0.622. The molecule has 5 heteroatoms. The van der Waals surface area contributed by atoms with E-state index in [1.165, 1.54) is 7.11 Å². The second-order valence-corrected chi connectivity index (χ2v) is 6.12. The number of nitrogens with zero attached hydrogens (tertiary/aromatic N) is 1. The molecule has 2 heterocycles. The Morgan fingerprint density at radius 2 is 2.00 bits per heavy atom. The molecule has 5 nitrogen and oxygen atoms in total. The molecular weight excluding hydrogens is 294 g/mol. The highest BCUT2D eigenvalue weighted by Gasteiger charge is 2.41. The summed E-state index contributed by atoms with van der Waals surface area (Å²) < 4.78 is 10.3. The van der Waals surface area contributed by atoms with Crippen LogP contribution in [0.2, 0.25) is 0 Å². The first-order valence-corrected chi connectivity index (χ1v) is 7.54. The van der Waals surface area contributed by atoms with Gasteiger partial charge in [-0.05, 0) is 18.6 Å². The maximum absolute atomic E-state index is 12.6. The van der Waals surface area contributed by atoms with Crippen LogP contribution in [0.25, 0.3) is 0 Å². The smallest absolute Gasteiger partial charge is 0.416 e. The van der Waals surface area contributed by atoms with Gasteiger partial charge in [-0.15, -0.1) is 0 Å². The molecule has 3 aliphatic rings. The zero-order valence-electron chi connectivity index (χ0n) is 13.2. The van der Waals surface area contributed by atoms with Crippen molar-refractivity contribution in [1.29, 1.82) is 0 Å². The van der Waals surface area contributed by atoms with Gasteiger partial charge in [-0.3, -0.25) is 4.90 Å². The Morgan fingerprint density at radius 1 is 1.26 bits per heavy atom. The first-order valence-electron chi connectivity index (χ1n) is 7.54. The first kappa shape index (κ1) is 15.3. The van der Waals surface area contributed by atoms with Crippen LogP contribution in [0.15, 0.2) is 54.1 Å². The number of allylic oxidation sites excluding steroid dienone is 1. The minimum absolute atomic E-state index is 0.206. The highest BCUT2D eigenvalue weighted by molar-refractivity contribution is 5.91. The summed E-state index contributed by atoms with van der Waals surface area (Å²) in [6.07, 6.45) is 6.03. The van der Waals surface area contributed by atoms with Crippen molar-refractivity contribution in [3.8, 4) is 5.75 Å². The SMILES string of the molecule is COC(=O)C1=CC[C@]2(C)C=C[C@H]1N(C(=O)Oc1ccccc1)C2. The Kier molecular flexibility index (Phi) is 3.94. The van der Waals surface area contributed by atoms with Gasteiger partial charge in [-0.2, -0.15) is 0 Å². The van der Waals surface area contributed by atoms with E-state index >= 15 is 0 Å². The van der Waals surface area contributed by atoms with Gasteiger partial charge < -0.3 is 9.47 Å². The fourth-order valence-electron chi connectivity index (χ4n) is 2.98. The monoisotopic (exact) mass is 313 g/mol. The van der Waals surface area contributed by atoms with Gasteiger partial charge in [0.25, 0.3) is 0 Å². The van der Waals surface area contributed by atoms with E-state index < -0.39 is 18.1 Å². The molecule has 0 fully saturated rings. The van der Waals surface area contributed by atoms with Crippen LogP contribution in [0.3, 0.4) is 0 Å². The predicted molar refractivity (Wildman–Crippen MR) is 84.9 cm³/mol. The summed E-state index contributed by atoms with van der Waals surface area (Å²) >= 11 is 0. The predicted octanol–water partition coefficient (Wildman–Crippen LogP) is 2.94. The Bertz CT molecular complexity index is 680. The average Bonchev–Trinajstić information content (AvgIpc) is 2.82. The van der Waals surface area contributed by atoms with Crippen molar-refractivity contribution >= 4 is 12.1 Å². The lowest BCUT2D eigenvalue weighted by molar-refractivity contribution is -0.136. The maximum Gasteiger partial charge on any atom is 0.416 e. The van der Waals surface area contributed by atoms with Crippen LogP contribution in [0, 0.1) is 5.41 Å². The van der Waals surface area contributed by atoms with Crippen molar-refractivity contribution in [2.45, 2.75) is 19.4 Å². The number of para-hydroxylation sites is 1. The Labute approximate surface area is 135 Å². The second-order valence-electron chi connectivity index (χ2n) is 6.12. The molecule has 2 bridgehead atoms. The standard InChI is InChI=1S/C18H19NO4/c1-18-10-8-14(16(20)22-2)15(9-11-18)19(12-18)17(21)23-13-6-4-3-5-7-13/h3-9,11,15H,10,12H2,1-2H3/t15-,18-/m1/s1. The number of hydrogen-bond donors (Lipinski definition) is 0. The summed E-state index contributed by atoms with van der Waals surface area (Å²) in [7, 11) is 1.35. The van der Waals surface area contributed by atoms with Crippen molar-refractivity contribution in [1.82, 2.24) is 4.90 Å². The van der Waals surface area contributed by atoms with Crippen molar-refractivity contribution in [3.05, 3.63) is 54.1 Å². The maximum atomic E-state index is 12.6. The van der Waals surface area contributed by atoms with Gasteiger partial charge >= 0.3 is 12.1 Å². The molecule has 0 radical (unpaired) electrons. The van der Waals surface area contributed by atoms with E-state index in [0.717, 1.165) is 0 Å². The highest BCUT2D eigenvalue weighted by Crippen LogP contribution is 2.37. The molecule has 2 aliphatic heterocycles. The number of rotatable bonds is 2. The second kappa shape index (κ2) is 5.91. The minimum atomic E-state index is -0.464. The molecule has 1 aromatic rings. The normalized spacial score (nSPS) is 25.6. The van der Waals surface area contributed by atoms with Crippen LogP contribution >= 0.6 is 0 Å². The molecule has 0 spiro atoms. The zero-order valence-corrected chi connectivity index (χ0v) is 13.2. The molecule has 1 aliphatic carbocycles. The molecule has 120 valence electrons. The van der Waals surface area contributed by atoms with Crippen molar-refractivity contribution in [3.63, 3.8) is 0 Å². The molecule has 23 heavy (non-hydrogen) atoms. The molecular formula is C18H19NO4. The van der Waals surface area contributed by atoms with E-state index in [1.54, 1.807) is 29.2 Å². The summed E-state index contributed by atoms with van der Waals surface area (Å²) in [6, 6.07) is 8.46.